The fourth-order valence-corrected chi connectivity index (χ4v) is 9.81. The average molecular weight is 743 g/mol. The topological polar surface area (TPSA) is 115 Å². The first-order chi connectivity index (χ1) is 26.1. The van der Waals surface area contributed by atoms with Crippen molar-refractivity contribution in [1.29, 1.82) is 0 Å². The van der Waals surface area contributed by atoms with E-state index in [2.05, 4.69) is 28.5 Å². The minimum Gasteiger partial charge on any atom is -0.478 e. The molecule has 2 aromatic heterocycles. The molecule has 0 radical (unpaired) electrons. The van der Waals surface area contributed by atoms with Gasteiger partial charge < -0.3 is 33.9 Å². The van der Waals surface area contributed by atoms with E-state index in [1.165, 1.54) is 53.1 Å². The Labute approximate surface area is 317 Å². The number of carbonyl (C=O) groups is 3. The lowest BCUT2D eigenvalue weighted by molar-refractivity contribution is -0.121. The standard InChI is InChI=1S/C24H32FN3O3.C19H23NO3/c1-27(15-23(29)26-10-9-25)24(30)18-4-6-22-20(14-18)19-13-17(3-5-21(19)28(22)2)16-7-11-31-12-8-16;1-20-17-4-2-13(12-6-8-23-9-7-12)10-15(17)16-11-14(19(21)22)3-5-18(16)20/h4,6,14,16-17H,3,5,7-13,15H2,1-2H3,(H,26,29);3,5,11-13H,2,4,6-10H2,1H3,(H,21,22). The number of aromatic carboxylic acids is 1. The Hall–Kier alpha value is -4.22. The van der Waals surface area contributed by atoms with Crippen LogP contribution in [0.4, 0.5) is 4.39 Å². The molecule has 2 saturated heterocycles. The maximum atomic E-state index is 12.9. The molecule has 10 nitrogen and oxygen atoms in total. The summed E-state index contributed by atoms with van der Waals surface area (Å²) >= 11 is 0. The second-order valence-electron chi connectivity index (χ2n) is 15.8. The number of hydrogen-bond donors (Lipinski definition) is 2. The molecule has 2 aliphatic heterocycles. The van der Waals surface area contributed by atoms with Crippen molar-refractivity contribution in [3.8, 4) is 0 Å². The first-order valence-electron chi connectivity index (χ1n) is 19.8. The Kier molecular flexibility index (Phi) is 11.7. The van der Waals surface area contributed by atoms with Crippen molar-refractivity contribution in [3.05, 3.63) is 70.0 Å². The van der Waals surface area contributed by atoms with Crippen LogP contribution in [-0.4, -0.2) is 90.2 Å². The maximum absolute atomic E-state index is 12.9. The largest absolute Gasteiger partial charge is 0.478 e. The number of carboxylic acid groups (broad SMARTS) is 1. The van der Waals surface area contributed by atoms with Crippen molar-refractivity contribution in [2.24, 2.45) is 37.8 Å². The normalized spacial score (nSPS) is 20.5. The van der Waals surface area contributed by atoms with Gasteiger partial charge in [0, 0.05) is 92.9 Å². The first kappa shape index (κ1) is 38.1. The number of nitrogens with zero attached hydrogens (tertiary/aromatic N) is 3. The third-order valence-electron chi connectivity index (χ3n) is 12.8. The number of nitrogens with one attached hydrogen (secondary N) is 1. The Bertz CT molecular complexity index is 2010. The molecule has 2 amide bonds. The number of likely N-dealkylation sites (N-methyl/N-ethyl adjacent to an activating group) is 1. The molecule has 2 unspecified atom stereocenters. The molecule has 54 heavy (non-hydrogen) atoms. The smallest absolute Gasteiger partial charge is 0.335 e. The number of hydrogen-bond acceptors (Lipinski definition) is 5. The number of alkyl halides is 1. The highest BCUT2D eigenvalue weighted by atomic mass is 19.1. The van der Waals surface area contributed by atoms with Crippen molar-refractivity contribution < 1.29 is 33.4 Å². The molecular formula is C43H55FN4O6. The van der Waals surface area contributed by atoms with Crippen molar-refractivity contribution >= 4 is 39.6 Å². The quantitative estimate of drug-likeness (QED) is 0.220. The van der Waals surface area contributed by atoms with Gasteiger partial charge >= 0.3 is 5.97 Å². The van der Waals surface area contributed by atoms with Gasteiger partial charge in [-0.2, -0.15) is 0 Å². The fraction of sp³-hybridized carbons (Fsp3) is 0.558. The van der Waals surface area contributed by atoms with Gasteiger partial charge in [0.25, 0.3) is 5.91 Å². The fourth-order valence-electron chi connectivity index (χ4n) is 9.81. The van der Waals surface area contributed by atoms with Gasteiger partial charge in [0.05, 0.1) is 12.1 Å². The molecule has 4 aliphatic rings. The highest BCUT2D eigenvalue weighted by Gasteiger charge is 2.32. The maximum Gasteiger partial charge on any atom is 0.335 e. The Morgan fingerprint density at radius 2 is 1.24 bits per heavy atom. The van der Waals surface area contributed by atoms with Gasteiger partial charge in [0.15, 0.2) is 0 Å². The summed E-state index contributed by atoms with van der Waals surface area (Å²) in [4.78, 5) is 37.5. The number of rotatable bonds is 8. The summed E-state index contributed by atoms with van der Waals surface area (Å²) < 4.78 is 27.8. The molecule has 11 heteroatoms. The van der Waals surface area contributed by atoms with Gasteiger partial charge in [-0.1, -0.05) is 0 Å². The van der Waals surface area contributed by atoms with Crippen LogP contribution in [0.25, 0.3) is 21.8 Å². The molecule has 8 rings (SSSR count). The van der Waals surface area contributed by atoms with Crippen LogP contribution in [-0.2, 0) is 54.0 Å². The van der Waals surface area contributed by atoms with E-state index in [-0.39, 0.29) is 24.9 Å². The van der Waals surface area contributed by atoms with Crippen molar-refractivity contribution in [2.45, 2.75) is 64.2 Å². The average Bonchev–Trinajstić information content (AvgIpc) is 3.65. The van der Waals surface area contributed by atoms with E-state index >= 15 is 0 Å². The summed E-state index contributed by atoms with van der Waals surface area (Å²) in [6.45, 7) is 2.79. The number of ether oxygens (including phenoxy) is 2. The highest BCUT2D eigenvalue weighted by Crippen LogP contribution is 2.41. The molecule has 0 saturated carbocycles. The summed E-state index contributed by atoms with van der Waals surface area (Å²) in [5.41, 5.74) is 8.80. The Morgan fingerprint density at radius 1 is 0.759 bits per heavy atom. The highest BCUT2D eigenvalue weighted by molar-refractivity contribution is 6.00. The van der Waals surface area contributed by atoms with E-state index in [4.69, 9.17) is 9.47 Å². The number of aromatic nitrogens is 2. The van der Waals surface area contributed by atoms with Gasteiger partial charge in [0.2, 0.25) is 5.91 Å². The third kappa shape index (κ3) is 7.80. The predicted octanol–water partition coefficient (Wildman–Crippen LogP) is 6.28. The zero-order valence-electron chi connectivity index (χ0n) is 32.0. The summed E-state index contributed by atoms with van der Waals surface area (Å²) in [6.07, 6.45) is 11.4. The van der Waals surface area contributed by atoms with E-state index in [1.807, 2.05) is 30.3 Å². The lowest BCUT2D eigenvalue weighted by Crippen LogP contribution is -2.39. The number of carbonyl (C=O) groups excluding carboxylic acids is 2. The number of benzene rings is 2. The van der Waals surface area contributed by atoms with Crippen LogP contribution in [0, 0.1) is 23.7 Å². The molecule has 4 aromatic rings. The van der Waals surface area contributed by atoms with E-state index in [0.29, 0.717) is 23.0 Å². The van der Waals surface area contributed by atoms with Crippen molar-refractivity contribution in [3.63, 3.8) is 0 Å². The molecule has 2 aliphatic carbocycles. The number of fused-ring (bicyclic) bond motifs is 6. The van der Waals surface area contributed by atoms with Crippen LogP contribution in [0.3, 0.4) is 0 Å². The summed E-state index contributed by atoms with van der Waals surface area (Å²) in [5.74, 6) is 1.46. The molecule has 2 atom stereocenters. The second kappa shape index (κ2) is 16.7. The summed E-state index contributed by atoms with van der Waals surface area (Å²) in [5, 5.41) is 14.0. The molecule has 2 aromatic carbocycles. The molecule has 2 fully saturated rings. The Morgan fingerprint density at radius 3 is 1.72 bits per heavy atom. The number of halogens is 1. The van der Waals surface area contributed by atoms with Crippen molar-refractivity contribution in [2.75, 3.05) is 53.2 Å². The summed E-state index contributed by atoms with van der Waals surface area (Å²) in [7, 11) is 5.82. The van der Waals surface area contributed by atoms with E-state index < -0.39 is 12.6 Å². The van der Waals surface area contributed by atoms with Gasteiger partial charge in [-0.05, 0) is 135 Å². The minimum atomic E-state index is -0.846. The van der Waals surface area contributed by atoms with Crippen LogP contribution in [0.1, 0.15) is 81.8 Å². The molecule has 0 bridgehead atoms. The lowest BCUT2D eigenvalue weighted by atomic mass is 9.75. The van der Waals surface area contributed by atoms with Gasteiger partial charge in [-0.15, -0.1) is 0 Å². The zero-order chi connectivity index (χ0) is 37.9. The van der Waals surface area contributed by atoms with Crippen LogP contribution in [0.5, 0.6) is 0 Å². The van der Waals surface area contributed by atoms with Crippen LogP contribution < -0.4 is 5.32 Å². The first-order valence-corrected chi connectivity index (χ1v) is 19.8. The lowest BCUT2D eigenvalue weighted by Gasteiger charge is -2.33. The van der Waals surface area contributed by atoms with Gasteiger partial charge in [0.1, 0.15) is 6.67 Å². The molecule has 2 N–H and O–H groups in total. The SMILES string of the molecule is CN(CC(=O)NCCF)C(=O)c1ccc2c(c1)c1c(n2C)CCC(C2CCOCC2)C1.Cn1c2c(c3cc(C(=O)O)ccc31)CC(C1CCOCC1)CC2. The number of aryl methyl sites for hydroxylation is 2. The predicted molar refractivity (Wildman–Crippen MR) is 207 cm³/mol. The van der Waals surface area contributed by atoms with Crippen LogP contribution >= 0.6 is 0 Å². The number of carboxylic acids is 1. The van der Waals surface area contributed by atoms with E-state index in [9.17, 15) is 23.9 Å². The van der Waals surface area contributed by atoms with Crippen molar-refractivity contribution in [1.82, 2.24) is 19.4 Å². The third-order valence-corrected chi connectivity index (χ3v) is 12.8. The molecule has 0 spiro atoms. The van der Waals surface area contributed by atoms with E-state index in [1.54, 1.807) is 13.1 Å². The summed E-state index contributed by atoms with van der Waals surface area (Å²) in [6, 6.07) is 11.4. The monoisotopic (exact) mass is 742 g/mol. The van der Waals surface area contributed by atoms with Gasteiger partial charge in [-0.3, -0.25) is 9.59 Å². The Balaban J connectivity index is 0.000000174. The molecular weight excluding hydrogens is 687 g/mol. The molecule has 4 heterocycles. The zero-order valence-corrected chi connectivity index (χ0v) is 32.0. The minimum absolute atomic E-state index is 0.0305. The van der Waals surface area contributed by atoms with Crippen LogP contribution in [0.15, 0.2) is 36.4 Å². The molecule has 290 valence electrons. The number of amides is 2. The van der Waals surface area contributed by atoms with Crippen LogP contribution in [0.2, 0.25) is 0 Å². The van der Waals surface area contributed by atoms with Gasteiger partial charge in [-0.25, -0.2) is 9.18 Å². The second-order valence-corrected chi connectivity index (χ2v) is 15.8. The van der Waals surface area contributed by atoms with E-state index in [0.717, 1.165) is 98.6 Å².